The number of aryl methyl sites for hydroxylation is 1. The van der Waals surface area contributed by atoms with Gasteiger partial charge in [0.05, 0.1) is 0 Å². The minimum absolute atomic E-state index is 0.114. The predicted octanol–water partition coefficient (Wildman–Crippen LogP) is 7.43. The number of hydrogen-bond acceptors (Lipinski definition) is 3. The maximum absolute atomic E-state index is 13.8. The Labute approximate surface area is 190 Å². The number of halogens is 4. The van der Waals surface area contributed by atoms with E-state index in [1.807, 2.05) is 0 Å². The van der Waals surface area contributed by atoms with E-state index in [0.717, 1.165) is 31.7 Å². The lowest BCUT2D eigenvalue weighted by Crippen LogP contribution is -2.44. The summed E-state index contributed by atoms with van der Waals surface area (Å²) < 4.78 is 64.8. The quantitative estimate of drug-likeness (QED) is 0.0807. The molecule has 0 aliphatic carbocycles. The van der Waals surface area contributed by atoms with E-state index < -0.39 is 29.2 Å². The Morgan fingerprint density at radius 2 is 1.28 bits per heavy atom. The summed E-state index contributed by atoms with van der Waals surface area (Å²) >= 11 is 0. The van der Waals surface area contributed by atoms with Gasteiger partial charge in [-0.05, 0) is 51.2 Å². The van der Waals surface area contributed by atoms with Gasteiger partial charge in [0, 0.05) is 19.1 Å². The van der Waals surface area contributed by atoms with Gasteiger partial charge in [0.1, 0.15) is 0 Å². The molecule has 1 N–H and O–H groups in total. The molecule has 0 aromatic heterocycles. The van der Waals surface area contributed by atoms with Crippen molar-refractivity contribution in [3.8, 4) is 0 Å². The average Bonchev–Trinajstić information content (AvgIpc) is 2.76. The Balaban J connectivity index is 2.59. The van der Waals surface area contributed by atoms with Crippen molar-refractivity contribution in [2.45, 2.75) is 104 Å². The number of aliphatic hydroxyl groups is 1. The van der Waals surface area contributed by atoms with Gasteiger partial charge in [0.25, 0.3) is 5.97 Å². The Morgan fingerprint density at radius 1 is 0.750 bits per heavy atom. The van der Waals surface area contributed by atoms with Crippen LogP contribution in [-0.4, -0.2) is 24.3 Å². The molecule has 1 unspecified atom stereocenters. The van der Waals surface area contributed by atoms with E-state index in [1.165, 1.54) is 25.7 Å². The summed E-state index contributed by atoms with van der Waals surface area (Å²) in [6, 6.07) is 0.720. The standard InChI is InChI=1S/C25H40F4O3/c1-4-7-8-9-10-13-16-20(25(30,31-5-2)32-6-3)17-14-11-12-15-19-18-21(26)23(28)24(29)22(19)27/h18,20,30H,4-17H2,1-3H3. The van der Waals surface area contributed by atoms with E-state index in [-0.39, 0.29) is 17.9 Å². The summed E-state index contributed by atoms with van der Waals surface area (Å²) in [5.74, 6) is -8.09. The lowest BCUT2D eigenvalue weighted by atomic mass is 9.91. The zero-order valence-corrected chi connectivity index (χ0v) is 19.8. The highest BCUT2D eigenvalue weighted by molar-refractivity contribution is 5.21. The monoisotopic (exact) mass is 464 g/mol. The highest BCUT2D eigenvalue weighted by Crippen LogP contribution is 2.31. The lowest BCUT2D eigenvalue weighted by Gasteiger charge is -2.35. The van der Waals surface area contributed by atoms with E-state index in [1.54, 1.807) is 13.8 Å². The molecule has 0 radical (unpaired) electrons. The lowest BCUT2D eigenvalue weighted by molar-refractivity contribution is -0.385. The Bertz CT molecular complexity index is 649. The zero-order chi connectivity index (χ0) is 24.0. The minimum Gasteiger partial charge on any atom is -0.343 e. The van der Waals surface area contributed by atoms with Crippen LogP contribution in [0.15, 0.2) is 6.07 Å². The Kier molecular flexibility index (Phi) is 14.1. The van der Waals surface area contributed by atoms with E-state index in [4.69, 9.17) is 9.47 Å². The first kappa shape index (κ1) is 28.9. The van der Waals surface area contributed by atoms with Crippen LogP contribution < -0.4 is 0 Å². The van der Waals surface area contributed by atoms with E-state index in [2.05, 4.69) is 6.92 Å². The van der Waals surface area contributed by atoms with Crippen LogP contribution in [0.4, 0.5) is 17.6 Å². The van der Waals surface area contributed by atoms with Crippen molar-refractivity contribution < 1.29 is 32.1 Å². The number of hydrogen-bond donors (Lipinski definition) is 1. The highest BCUT2D eigenvalue weighted by atomic mass is 19.2. The van der Waals surface area contributed by atoms with Crippen LogP contribution >= 0.6 is 0 Å². The van der Waals surface area contributed by atoms with Gasteiger partial charge in [-0.15, -0.1) is 0 Å². The van der Waals surface area contributed by atoms with Crippen LogP contribution in [0.3, 0.4) is 0 Å². The van der Waals surface area contributed by atoms with Crippen LogP contribution in [-0.2, 0) is 15.9 Å². The van der Waals surface area contributed by atoms with Gasteiger partial charge in [-0.1, -0.05) is 58.3 Å². The SMILES string of the molecule is CCCCCCCCC(CCCCCc1cc(F)c(F)c(F)c1F)C(O)(OCC)OCC. The smallest absolute Gasteiger partial charge is 0.283 e. The van der Waals surface area contributed by atoms with Crippen LogP contribution in [0.5, 0.6) is 0 Å². The van der Waals surface area contributed by atoms with Crippen LogP contribution in [0.2, 0.25) is 0 Å². The van der Waals surface area contributed by atoms with Gasteiger partial charge in [-0.3, -0.25) is 0 Å². The third kappa shape index (κ3) is 9.36. The summed E-state index contributed by atoms with van der Waals surface area (Å²) in [6.07, 6.45) is 10.3. The van der Waals surface area contributed by atoms with Gasteiger partial charge in [0.15, 0.2) is 23.3 Å². The maximum atomic E-state index is 13.8. The molecule has 0 bridgehead atoms. The fraction of sp³-hybridized carbons (Fsp3) is 0.760. The van der Waals surface area contributed by atoms with Crippen molar-refractivity contribution in [2.75, 3.05) is 13.2 Å². The molecular weight excluding hydrogens is 424 g/mol. The summed E-state index contributed by atoms with van der Waals surface area (Å²) in [5.41, 5.74) is -0.162. The normalized spacial score (nSPS) is 13.0. The maximum Gasteiger partial charge on any atom is 0.283 e. The van der Waals surface area contributed by atoms with Gasteiger partial charge in [-0.25, -0.2) is 17.6 Å². The third-order valence-electron chi connectivity index (χ3n) is 5.80. The summed E-state index contributed by atoms with van der Waals surface area (Å²) in [7, 11) is 0. The molecule has 0 saturated carbocycles. The number of unbranched alkanes of at least 4 members (excludes halogenated alkanes) is 7. The van der Waals surface area contributed by atoms with Gasteiger partial charge in [-0.2, -0.15) is 0 Å². The van der Waals surface area contributed by atoms with E-state index >= 15 is 0 Å². The molecular formula is C25H40F4O3. The van der Waals surface area contributed by atoms with Crippen molar-refractivity contribution in [1.82, 2.24) is 0 Å². The molecule has 0 fully saturated rings. The first-order valence-electron chi connectivity index (χ1n) is 12.1. The molecule has 7 heteroatoms. The molecule has 3 nitrogen and oxygen atoms in total. The first-order valence-corrected chi connectivity index (χ1v) is 12.1. The molecule has 0 spiro atoms. The van der Waals surface area contributed by atoms with E-state index in [9.17, 15) is 22.7 Å². The third-order valence-corrected chi connectivity index (χ3v) is 5.80. The minimum atomic E-state index is -1.78. The second kappa shape index (κ2) is 15.6. The molecule has 1 rings (SSSR count). The van der Waals surface area contributed by atoms with Crippen molar-refractivity contribution in [3.63, 3.8) is 0 Å². The van der Waals surface area contributed by atoms with Crippen LogP contribution in [0.25, 0.3) is 0 Å². The molecule has 1 aromatic rings. The summed E-state index contributed by atoms with van der Waals surface area (Å²) in [6.45, 7) is 6.44. The van der Waals surface area contributed by atoms with Gasteiger partial charge < -0.3 is 14.6 Å². The number of ether oxygens (including phenoxy) is 2. The fourth-order valence-electron chi connectivity index (χ4n) is 4.06. The zero-order valence-electron chi connectivity index (χ0n) is 19.8. The van der Waals surface area contributed by atoms with Crippen LogP contribution in [0.1, 0.15) is 97.0 Å². The van der Waals surface area contributed by atoms with E-state index in [0.29, 0.717) is 32.5 Å². The van der Waals surface area contributed by atoms with Gasteiger partial charge >= 0.3 is 0 Å². The predicted molar refractivity (Wildman–Crippen MR) is 118 cm³/mol. The molecule has 0 amide bonds. The fourth-order valence-corrected chi connectivity index (χ4v) is 4.06. The molecule has 0 aliphatic rings. The molecule has 186 valence electrons. The Hall–Kier alpha value is -1.18. The topological polar surface area (TPSA) is 38.7 Å². The van der Waals surface area contributed by atoms with Gasteiger partial charge in [0.2, 0.25) is 0 Å². The first-order chi connectivity index (χ1) is 15.3. The Morgan fingerprint density at radius 3 is 1.84 bits per heavy atom. The van der Waals surface area contributed by atoms with Crippen molar-refractivity contribution in [3.05, 3.63) is 34.9 Å². The molecule has 0 saturated heterocycles. The second-order valence-corrected chi connectivity index (χ2v) is 8.31. The molecule has 0 aliphatic heterocycles. The highest BCUT2D eigenvalue weighted by Gasteiger charge is 2.38. The average molecular weight is 465 g/mol. The molecule has 0 heterocycles. The second-order valence-electron chi connectivity index (χ2n) is 8.31. The molecule has 32 heavy (non-hydrogen) atoms. The van der Waals surface area contributed by atoms with Crippen molar-refractivity contribution in [1.29, 1.82) is 0 Å². The number of rotatable bonds is 18. The number of benzene rings is 1. The largest absolute Gasteiger partial charge is 0.343 e. The van der Waals surface area contributed by atoms with Crippen molar-refractivity contribution in [2.24, 2.45) is 5.92 Å². The molecule has 1 aromatic carbocycles. The summed E-state index contributed by atoms with van der Waals surface area (Å²) in [4.78, 5) is 0. The molecule has 1 atom stereocenters. The van der Waals surface area contributed by atoms with Crippen molar-refractivity contribution >= 4 is 0 Å². The summed E-state index contributed by atoms with van der Waals surface area (Å²) in [5, 5.41) is 11.0. The van der Waals surface area contributed by atoms with Crippen LogP contribution in [0, 0.1) is 29.2 Å².